The summed E-state index contributed by atoms with van der Waals surface area (Å²) in [5, 5.41) is 0. The predicted molar refractivity (Wildman–Crippen MR) is 117 cm³/mol. The van der Waals surface area contributed by atoms with E-state index in [0.29, 0.717) is 0 Å². The van der Waals surface area contributed by atoms with E-state index in [9.17, 15) is 4.79 Å². The molecule has 0 aliphatic heterocycles. The fraction of sp³-hybridized carbons (Fsp3) is 0.192. The highest BCUT2D eigenvalue weighted by Crippen LogP contribution is 2.30. The van der Waals surface area contributed by atoms with Crippen molar-refractivity contribution in [3.05, 3.63) is 96.1 Å². The van der Waals surface area contributed by atoms with Crippen LogP contribution in [0.3, 0.4) is 0 Å². The van der Waals surface area contributed by atoms with Gasteiger partial charge in [-0.3, -0.25) is 4.79 Å². The SMILES string of the molecule is C=C(CC/C=C\C)c1ccc(-c2ccc(C3=CC=CCC3)cc2C=O)cc1. The lowest BCUT2D eigenvalue weighted by Gasteiger charge is -2.13. The molecule has 0 saturated heterocycles. The van der Waals surface area contributed by atoms with Gasteiger partial charge in [0, 0.05) is 5.56 Å². The monoisotopic (exact) mass is 354 g/mol. The van der Waals surface area contributed by atoms with E-state index in [0.717, 1.165) is 65.4 Å². The van der Waals surface area contributed by atoms with Gasteiger partial charge in [0.1, 0.15) is 0 Å². The average Bonchev–Trinajstić information content (AvgIpc) is 2.74. The summed E-state index contributed by atoms with van der Waals surface area (Å²) in [5.41, 5.74) is 7.51. The van der Waals surface area contributed by atoms with E-state index in [2.05, 4.69) is 73.4 Å². The molecule has 0 amide bonds. The van der Waals surface area contributed by atoms with Gasteiger partial charge in [-0.1, -0.05) is 73.4 Å². The molecule has 136 valence electrons. The molecule has 0 bridgehead atoms. The Morgan fingerprint density at radius 3 is 2.56 bits per heavy atom. The third-order valence-corrected chi connectivity index (χ3v) is 5.02. The standard InChI is InChI=1S/C26H26O/c1-3-4-6-9-20(2)21-12-14-23(15-13-21)26-17-16-24(18-25(26)19-27)22-10-7-5-8-11-22/h3-5,7,10,12-19H,2,6,8-9,11H2,1H3/b4-3-. The third-order valence-electron chi connectivity index (χ3n) is 5.02. The fourth-order valence-corrected chi connectivity index (χ4v) is 3.42. The lowest BCUT2D eigenvalue weighted by molar-refractivity contribution is 0.112. The van der Waals surface area contributed by atoms with Crippen LogP contribution in [0, 0.1) is 0 Å². The Morgan fingerprint density at radius 1 is 1.11 bits per heavy atom. The van der Waals surface area contributed by atoms with Crippen LogP contribution in [0.1, 0.15) is 54.1 Å². The Balaban J connectivity index is 1.83. The van der Waals surface area contributed by atoms with Gasteiger partial charge in [-0.25, -0.2) is 0 Å². The molecule has 3 rings (SSSR count). The van der Waals surface area contributed by atoms with Crippen LogP contribution in [-0.4, -0.2) is 6.29 Å². The summed E-state index contributed by atoms with van der Waals surface area (Å²) < 4.78 is 0. The van der Waals surface area contributed by atoms with Gasteiger partial charge < -0.3 is 0 Å². The number of carbonyl (C=O) groups excluding carboxylic acids is 1. The van der Waals surface area contributed by atoms with Gasteiger partial charge in [0.15, 0.2) is 6.29 Å². The second-order valence-electron chi connectivity index (χ2n) is 6.87. The van der Waals surface area contributed by atoms with Crippen LogP contribution < -0.4 is 0 Å². The van der Waals surface area contributed by atoms with E-state index in [1.54, 1.807) is 0 Å². The Kier molecular flexibility index (Phi) is 6.38. The number of rotatable bonds is 7. The maximum atomic E-state index is 11.7. The van der Waals surface area contributed by atoms with Gasteiger partial charge >= 0.3 is 0 Å². The zero-order valence-corrected chi connectivity index (χ0v) is 15.9. The molecule has 2 aromatic rings. The third kappa shape index (κ3) is 4.62. The Morgan fingerprint density at radius 2 is 1.89 bits per heavy atom. The molecule has 1 aliphatic rings. The molecular weight excluding hydrogens is 328 g/mol. The fourth-order valence-electron chi connectivity index (χ4n) is 3.42. The second-order valence-corrected chi connectivity index (χ2v) is 6.87. The van der Waals surface area contributed by atoms with Crippen molar-refractivity contribution in [3.63, 3.8) is 0 Å². The minimum absolute atomic E-state index is 0.739. The van der Waals surface area contributed by atoms with E-state index in [1.807, 2.05) is 13.0 Å². The largest absolute Gasteiger partial charge is 0.298 e. The molecule has 27 heavy (non-hydrogen) atoms. The first-order valence-electron chi connectivity index (χ1n) is 9.58. The van der Waals surface area contributed by atoms with Crippen LogP contribution in [-0.2, 0) is 0 Å². The minimum Gasteiger partial charge on any atom is -0.298 e. The van der Waals surface area contributed by atoms with Crippen molar-refractivity contribution in [1.82, 2.24) is 0 Å². The number of hydrogen-bond acceptors (Lipinski definition) is 1. The highest BCUT2D eigenvalue weighted by atomic mass is 16.1. The van der Waals surface area contributed by atoms with Gasteiger partial charge in [0.25, 0.3) is 0 Å². The summed E-state index contributed by atoms with van der Waals surface area (Å²) in [6.45, 7) is 6.23. The number of carbonyl (C=O) groups is 1. The second kappa shape index (κ2) is 9.14. The number of aldehydes is 1. The van der Waals surface area contributed by atoms with E-state index >= 15 is 0 Å². The summed E-state index contributed by atoms with van der Waals surface area (Å²) in [5.74, 6) is 0. The van der Waals surface area contributed by atoms with Crippen molar-refractivity contribution < 1.29 is 4.79 Å². The molecule has 0 heterocycles. The topological polar surface area (TPSA) is 17.1 Å². The molecule has 0 aromatic heterocycles. The van der Waals surface area contributed by atoms with Crippen molar-refractivity contribution in [3.8, 4) is 11.1 Å². The molecule has 1 heteroatoms. The van der Waals surface area contributed by atoms with E-state index < -0.39 is 0 Å². The normalized spacial score (nSPS) is 13.6. The van der Waals surface area contributed by atoms with Gasteiger partial charge in [0.2, 0.25) is 0 Å². The molecule has 0 N–H and O–H groups in total. The lowest BCUT2D eigenvalue weighted by Crippen LogP contribution is -1.94. The molecule has 0 fully saturated rings. The molecule has 0 radical (unpaired) electrons. The molecule has 0 saturated carbocycles. The summed E-state index contributed by atoms with van der Waals surface area (Å²) in [4.78, 5) is 11.7. The number of allylic oxidation sites excluding steroid dienone is 7. The van der Waals surface area contributed by atoms with Crippen LogP contribution in [0.5, 0.6) is 0 Å². The van der Waals surface area contributed by atoms with Crippen LogP contribution in [0.2, 0.25) is 0 Å². The van der Waals surface area contributed by atoms with E-state index in [1.165, 1.54) is 5.57 Å². The molecular formula is C26H26O. The first kappa shape index (κ1) is 18.8. The van der Waals surface area contributed by atoms with Crippen molar-refractivity contribution in [1.29, 1.82) is 0 Å². The Labute approximate surface area is 162 Å². The zero-order valence-electron chi connectivity index (χ0n) is 15.9. The average molecular weight is 354 g/mol. The molecule has 0 unspecified atom stereocenters. The first-order chi connectivity index (χ1) is 13.2. The van der Waals surface area contributed by atoms with Gasteiger partial charge in [-0.05, 0) is 72.1 Å². The van der Waals surface area contributed by atoms with Crippen molar-refractivity contribution in [2.24, 2.45) is 0 Å². The summed E-state index contributed by atoms with van der Waals surface area (Å²) in [6, 6.07) is 14.6. The maximum Gasteiger partial charge on any atom is 0.150 e. The molecule has 0 atom stereocenters. The molecule has 0 spiro atoms. The summed E-state index contributed by atoms with van der Waals surface area (Å²) in [6.07, 6.45) is 15.7. The lowest BCUT2D eigenvalue weighted by atomic mass is 9.91. The predicted octanol–water partition coefficient (Wildman–Crippen LogP) is 7.27. The van der Waals surface area contributed by atoms with E-state index in [4.69, 9.17) is 0 Å². The van der Waals surface area contributed by atoms with E-state index in [-0.39, 0.29) is 0 Å². The summed E-state index contributed by atoms with van der Waals surface area (Å²) >= 11 is 0. The van der Waals surface area contributed by atoms with Crippen LogP contribution in [0.25, 0.3) is 22.3 Å². The first-order valence-corrected chi connectivity index (χ1v) is 9.58. The van der Waals surface area contributed by atoms with Crippen LogP contribution >= 0.6 is 0 Å². The van der Waals surface area contributed by atoms with Gasteiger partial charge in [-0.15, -0.1) is 0 Å². The van der Waals surface area contributed by atoms with Crippen molar-refractivity contribution in [2.45, 2.75) is 32.6 Å². The molecule has 2 aromatic carbocycles. The maximum absolute atomic E-state index is 11.7. The van der Waals surface area contributed by atoms with Crippen LogP contribution in [0.15, 0.2) is 79.4 Å². The smallest absolute Gasteiger partial charge is 0.150 e. The minimum atomic E-state index is 0.739. The van der Waals surface area contributed by atoms with Crippen molar-refractivity contribution in [2.75, 3.05) is 0 Å². The van der Waals surface area contributed by atoms with Gasteiger partial charge in [-0.2, -0.15) is 0 Å². The molecule has 1 aliphatic carbocycles. The van der Waals surface area contributed by atoms with Gasteiger partial charge in [0.05, 0.1) is 0 Å². The highest BCUT2D eigenvalue weighted by molar-refractivity contribution is 5.90. The highest BCUT2D eigenvalue weighted by Gasteiger charge is 2.10. The Bertz CT molecular complexity index is 908. The molecule has 1 nitrogen and oxygen atoms in total. The number of benzene rings is 2. The van der Waals surface area contributed by atoms with Crippen molar-refractivity contribution >= 4 is 17.4 Å². The quantitative estimate of drug-likeness (QED) is 0.377. The number of hydrogen-bond donors (Lipinski definition) is 0. The Hall–Kier alpha value is -2.93. The zero-order chi connectivity index (χ0) is 19.1. The summed E-state index contributed by atoms with van der Waals surface area (Å²) in [7, 11) is 0. The van der Waals surface area contributed by atoms with Crippen LogP contribution in [0.4, 0.5) is 0 Å².